The van der Waals surface area contributed by atoms with Crippen LogP contribution in [0.3, 0.4) is 0 Å². The summed E-state index contributed by atoms with van der Waals surface area (Å²) in [5.74, 6) is 1.64. The van der Waals surface area contributed by atoms with Crippen molar-refractivity contribution in [1.29, 1.82) is 0 Å². The molecule has 0 N–H and O–H groups in total. The lowest BCUT2D eigenvalue weighted by atomic mass is 10.0. The van der Waals surface area contributed by atoms with Crippen LogP contribution in [0.15, 0.2) is 52.7 Å². The Kier molecular flexibility index (Phi) is 4.46. The van der Waals surface area contributed by atoms with Gasteiger partial charge in [-0.3, -0.25) is 0 Å². The van der Waals surface area contributed by atoms with Gasteiger partial charge in [0.2, 0.25) is 5.16 Å². The van der Waals surface area contributed by atoms with Gasteiger partial charge in [0.1, 0.15) is 18.2 Å². The number of fused-ring (bicyclic) bond motifs is 1. The van der Waals surface area contributed by atoms with E-state index in [2.05, 4.69) is 42.2 Å². The Hall–Kier alpha value is -2.67. The van der Waals surface area contributed by atoms with Crippen LogP contribution in [0.4, 0.5) is 4.39 Å². The highest BCUT2D eigenvalue weighted by molar-refractivity contribution is 7.99. The number of ether oxygens (including phenoxy) is 1. The van der Waals surface area contributed by atoms with Crippen molar-refractivity contribution in [3.05, 3.63) is 70.8 Å². The zero-order valence-corrected chi connectivity index (χ0v) is 15.3. The molecule has 4 rings (SSSR count). The normalized spacial score (nSPS) is 13.3. The number of rotatable bonds is 4. The van der Waals surface area contributed by atoms with Crippen LogP contribution in [0.25, 0.3) is 0 Å². The Morgan fingerprint density at radius 1 is 1.08 bits per heavy atom. The van der Waals surface area contributed by atoms with Gasteiger partial charge in [0.15, 0.2) is 5.82 Å². The molecule has 2 heterocycles. The first-order valence-electron chi connectivity index (χ1n) is 8.21. The summed E-state index contributed by atoms with van der Waals surface area (Å²) in [5.41, 5.74) is 4.58. The molecule has 0 saturated heterocycles. The molecule has 0 fully saturated rings. The highest BCUT2D eigenvalue weighted by Gasteiger charge is 2.20. The smallest absolute Gasteiger partial charge is 0.212 e. The lowest BCUT2D eigenvalue weighted by molar-refractivity contribution is 0.289. The zero-order chi connectivity index (χ0) is 18.1. The molecule has 132 valence electrons. The maximum Gasteiger partial charge on any atom is 0.212 e. The third-order valence-corrected chi connectivity index (χ3v) is 5.19. The van der Waals surface area contributed by atoms with Crippen molar-refractivity contribution in [2.45, 2.75) is 25.6 Å². The topological polar surface area (TPSA) is 52.3 Å². The van der Waals surface area contributed by atoms with Crippen LogP contribution in [0, 0.1) is 19.7 Å². The third kappa shape index (κ3) is 3.35. The fraction of sp³-hybridized carbons (Fsp3) is 0.211. The van der Waals surface area contributed by atoms with Crippen molar-refractivity contribution in [1.82, 2.24) is 14.9 Å². The van der Waals surface area contributed by atoms with E-state index in [1.54, 1.807) is 28.6 Å². The molecule has 1 aromatic heterocycles. The monoisotopic (exact) mass is 368 g/mol. The van der Waals surface area contributed by atoms with Gasteiger partial charge in [-0.1, -0.05) is 23.9 Å². The van der Waals surface area contributed by atoms with E-state index in [0.717, 1.165) is 22.2 Å². The highest BCUT2D eigenvalue weighted by Crippen LogP contribution is 2.25. The second-order valence-corrected chi connectivity index (χ2v) is 7.03. The Morgan fingerprint density at radius 2 is 1.88 bits per heavy atom. The van der Waals surface area contributed by atoms with Gasteiger partial charge < -0.3 is 4.74 Å². The molecule has 0 atom stereocenters. The van der Waals surface area contributed by atoms with Gasteiger partial charge >= 0.3 is 0 Å². The first kappa shape index (κ1) is 16.8. The predicted octanol–water partition coefficient (Wildman–Crippen LogP) is 3.97. The number of benzene rings is 2. The molecular formula is C19H17FN4OS. The summed E-state index contributed by atoms with van der Waals surface area (Å²) in [4.78, 5) is 0. The van der Waals surface area contributed by atoms with E-state index in [4.69, 9.17) is 9.84 Å². The summed E-state index contributed by atoms with van der Waals surface area (Å²) >= 11 is 1.60. The third-order valence-electron chi connectivity index (χ3n) is 4.26. The minimum Gasteiger partial charge on any atom is -0.486 e. The van der Waals surface area contributed by atoms with E-state index < -0.39 is 0 Å². The molecule has 0 unspecified atom stereocenters. The molecule has 2 aromatic carbocycles. The van der Waals surface area contributed by atoms with Gasteiger partial charge in [-0.15, -0.1) is 10.2 Å². The van der Waals surface area contributed by atoms with Gasteiger partial charge in [-0.05, 0) is 60.9 Å². The molecule has 0 saturated carbocycles. The predicted molar refractivity (Wildman–Crippen MR) is 99.3 cm³/mol. The minimum absolute atomic E-state index is 0.211. The number of halogens is 1. The summed E-state index contributed by atoms with van der Waals surface area (Å²) in [6.45, 7) is 4.41. The van der Waals surface area contributed by atoms with E-state index in [1.165, 1.54) is 23.3 Å². The van der Waals surface area contributed by atoms with Gasteiger partial charge in [-0.2, -0.15) is 9.78 Å². The van der Waals surface area contributed by atoms with Crippen LogP contribution >= 0.6 is 11.8 Å². The second kappa shape index (κ2) is 6.92. The van der Waals surface area contributed by atoms with Crippen LogP contribution in [0.1, 0.15) is 22.5 Å². The van der Waals surface area contributed by atoms with Crippen LogP contribution in [-0.4, -0.2) is 26.3 Å². The quantitative estimate of drug-likeness (QED) is 0.699. The average molecular weight is 368 g/mol. The van der Waals surface area contributed by atoms with Gasteiger partial charge in [0, 0.05) is 5.75 Å². The maximum absolute atomic E-state index is 13.0. The number of aromatic nitrogens is 3. The molecule has 0 bridgehead atoms. The molecule has 3 aromatic rings. The summed E-state index contributed by atoms with van der Waals surface area (Å²) in [6.07, 6.45) is 0. The Labute approximate surface area is 154 Å². The van der Waals surface area contributed by atoms with Crippen LogP contribution in [-0.2, 0) is 6.61 Å². The standard InChI is InChI=1S/C19H17FN4OS/c1-12-3-4-14(9-13(12)2)17-11-26-19-22-21-18(24(19)23-17)10-25-16-7-5-15(20)6-8-16/h3-9H,10-11H2,1-2H3. The number of hydrogen-bond donors (Lipinski definition) is 0. The van der Waals surface area contributed by atoms with E-state index in [0.29, 0.717) is 11.6 Å². The summed E-state index contributed by atoms with van der Waals surface area (Å²) < 4.78 is 20.4. The van der Waals surface area contributed by atoms with Crippen LogP contribution < -0.4 is 4.74 Å². The van der Waals surface area contributed by atoms with Gasteiger partial charge in [0.25, 0.3) is 0 Å². The number of hydrogen-bond acceptors (Lipinski definition) is 5. The van der Waals surface area contributed by atoms with E-state index >= 15 is 0 Å². The van der Waals surface area contributed by atoms with Crippen molar-refractivity contribution in [2.75, 3.05) is 5.75 Å². The molecule has 1 aliphatic heterocycles. The summed E-state index contributed by atoms with van der Waals surface area (Å²) in [7, 11) is 0. The Bertz CT molecular complexity index is 982. The molecule has 0 radical (unpaired) electrons. The molecule has 1 aliphatic rings. The van der Waals surface area contributed by atoms with E-state index in [1.807, 2.05) is 0 Å². The minimum atomic E-state index is -0.295. The zero-order valence-electron chi connectivity index (χ0n) is 14.4. The van der Waals surface area contributed by atoms with Gasteiger partial charge in [-0.25, -0.2) is 4.39 Å². The van der Waals surface area contributed by atoms with E-state index in [-0.39, 0.29) is 12.4 Å². The SMILES string of the molecule is Cc1ccc(C2=Nn3c(COc4ccc(F)cc4)nnc3SC2)cc1C. The van der Waals surface area contributed by atoms with Crippen molar-refractivity contribution < 1.29 is 9.13 Å². The van der Waals surface area contributed by atoms with E-state index in [9.17, 15) is 4.39 Å². The molecular weight excluding hydrogens is 351 g/mol. The van der Waals surface area contributed by atoms with Crippen molar-refractivity contribution in [3.63, 3.8) is 0 Å². The number of aryl methyl sites for hydroxylation is 2. The van der Waals surface area contributed by atoms with Crippen LogP contribution in [0.2, 0.25) is 0 Å². The first-order chi connectivity index (χ1) is 12.6. The summed E-state index contributed by atoms with van der Waals surface area (Å²) in [5, 5.41) is 13.8. The van der Waals surface area contributed by atoms with Crippen molar-refractivity contribution in [3.8, 4) is 5.75 Å². The second-order valence-electron chi connectivity index (χ2n) is 6.09. The van der Waals surface area contributed by atoms with Crippen molar-refractivity contribution in [2.24, 2.45) is 5.10 Å². The number of thioether (sulfide) groups is 1. The fourth-order valence-corrected chi connectivity index (χ4v) is 3.46. The first-order valence-corrected chi connectivity index (χ1v) is 9.19. The fourth-order valence-electron chi connectivity index (χ4n) is 2.60. The maximum atomic E-state index is 13.0. The largest absolute Gasteiger partial charge is 0.486 e. The van der Waals surface area contributed by atoms with Gasteiger partial charge in [0.05, 0.1) is 5.71 Å². The lowest BCUT2D eigenvalue weighted by Gasteiger charge is -2.15. The molecule has 0 amide bonds. The highest BCUT2D eigenvalue weighted by atomic mass is 32.2. The molecule has 0 spiro atoms. The molecule has 7 heteroatoms. The van der Waals surface area contributed by atoms with Crippen LogP contribution in [0.5, 0.6) is 5.75 Å². The van der Waals surface area contributed by atoms with Crippen molar-refractivity contribution >= 4 is 17.5 Å². The molecule has 26 heavy (non-hydrogen) atoms. The Balaban J connectivity index is 1.58. The Morgan fingerprint density at radius 3 is 2.65 bits per heavy atom. The summed E-state index contributed by atoms with van der Waals surface area (Å²) in [6, 6.07) is 12.2. The molecule has 0 aliphatic carbocycles. The lowest BCUT2D eigenvalue weighted by Crippen LogP contribution is -2.15. The number of nitrogens with zero attached hydrogens (tertiary/aromatic N) is 4. The average Bonchev–Trinajstić information content (AvgIpc) is 3.06. The molecule has 5 nitrogen and oxygen atoms in total.